The lowest BCUT2D eigenvalue weighted by Crippen LogP contribution is -2.20. The summed E-state index contributed by atoms with van der Waals surface area (Å²) in [4.78, 5) is 25.4. The molecule has 174 valence electrons. The Morgan fingerprint density at radius 3 is 2.47 bits per heavy atom. The van der Waals surface area contributed by atoms with E-state index in [1.165, 1.54) is 0 Å². The standard InChI is InChI=1S/C24H21Cl2N5O3/c1-14-15(2)31(13-27-14)22-11-24(29-16(3)28-22)34-19-7-5-18(6-8-19)30-23(32)12-33-21-9-4-17(25)10-20(21)26/h4-11,13H,12H2,1-3H3,(H,30,32). The van der Waals surface area contributed by atoms with Crippen molar-refractivity contribution in [2.24, 2.45) is 0 Å². The van der Waals surface area contributed by atoms with Gasteiger partial charge in [-0.2, -0.15) is 4.98 Å². The average molecular weight is 498 g/mol. The van der Waals surface area contributed by atoms with Gasteiger partial charge in [0.2, 0.25) is 5.88 Å². The lowest BCUT2D eigenvalue weighted by molar-refractivity contribution is -0.118. The molecule has 2 aromatic heterocycles. The van der Waals surface area contributed by atoms with Gasteiger partial charge in [0, 0.05) is 22.5 Å². The summed E-state index contributed by atoms with van der Waals surface area (Å²) in [6.07, 6.45) is 1.72. The number of carbonyl (C=O) groups is 1. The van der Waals surface area contributed by atoms with E-state index >= 15 is 0 Å². The summed E-state index contributed by atoms with van der Waals surface area (Å²) in [5, 5.41) is 3.58. The molecule has 1 N–H and O–H groups in total. The fraction of sp³-hybridized carbons (Fsp3) is 0.167. The summed E-state index contributed by atoms with van der Waals surface area (Å²) in [6, 6.07) is 13.5. The molecule has 0 bridgehead atoms. The maximum Gasteiger partial charge on any atom is 0.262 e. The van der Waals surface area contributed by atoms with Crippen molar-refractivity contribution in [3.05, 3.63) is 82.1 Å². The van der Waals surface area contributed by atoms with Crippen LogP contribution in [0, 0.1) is 20.8 Å². The Morgan fingerprint density at radius 1 is 1.03 bits per heavy atom. The second-order valence-electron chi connectivity index (χ2n) is 7.44. The molecule has 2 aromatic carbocycles. The summed E-state index contributed by atoms with van der Waals surface area (Å²) >= 11 is 11.9. The molecule has 4 aromatic rings. The van der Waals surface area contributed by atoms with Crippen molar-refractivity contribution in [2.75, 3.05) is 11.9 Å². The van der Waals surface area contributed by atoms with Crippen molar-refractivity contribution < 1.29 is 14.3 Å². The number of hydrogen-bond donors (Lipinski definition) is 1. The van der Waals surface area contributed by atoms with Crippen LogP contribution in [0.5, 0.6) is 17.4 Å². The van der Waals surface area contributed by atoms with Crippen LogP contribution in [-0.4, -0.2) is 32.0 Å². The minimum atomic E-state index is -0.332. The Kier molecular flexibility index (Phi) is 7.00. The van der Waals surface area contributed by atoms with Crippen molar-refractivity contribution in [2.45, 2.75) is 20.8 Å². The van der Waals surface area contributed by atoms with Gasteiger partial charge < -0.3 is 14.8 Å². The quantitative estimate of drug-likeness (QED) is 0.351. The molecule has 34 heavy (non-hydrogen) atoms. The first-order chi connectivity index (χ1) is 16.3. The summed E-state index contributed by atoms with van der Waals surface area (Å²) in [5.74, 6) is 2.25. The molecule has 0 aliphatic rings. The first-order valence-corrected chi connectivity index (χ1v) is 11.1. The Hall–Kier alpha value is -3.62. The summed E-state index contributed by atoms with van der Waals surface area (Å²) in [7, 11) is 0. The molecule has 0 aliphatic heterocycles. The lowest BCUT2D eigenvalue weighted by atomic mass is 10.3. The minimum absolute atomic E-state index is 0.199. The highest BCUT2D eigenvalue weighted by Crippen LogP contribution is 2.28. The summed E-state index contributed by atoms with van der Waals surface area (Å²) < 4.78 is 13.2. The molecule has 0 radical (unpaired) electrons. The van der Waals surface area contributed by atoms with Crippen molar-refractivity contribution in [3.63, 3.8) is 0 Å². The number of anilines is 1. The Morgan fingerprint density at radius 2 is 1.79 bits per heavy atom. The zero-order valence-corrected chi connectivity index (χ0v) is 20.2. The van der Waals surface area contributed by atoms with Crippen LogP contribution < -0.4 is 14.8 Å². The molecule has 0 spiro atoms. The van der Waals surface area contributed by atoms with Gasteiger partial charge in [-0.05, 0) is 63.2 Å². The number of nitrogens with zero attached hydrogens (tertiary/aromatic N) is 4. The number of nitrogens with one attached hydrogen (secondary N) is 1. The second-order valence-corrected chi connectivity index (χ2v) is 8.28. The largest absolute Gasteiger partial charge is 0.482 e. The van der Waals surface area contributed by atoms with E-state index in [0.29, 0.717) is 44.8 Å². The number of ether oxygens (including phenoxy) is 2. The first kappa shape index (κ1) is 23.5. The van der Waals surface area contributed by atoms with E-state index < -0.39 is 0 Å². The fourth-order valence-electron chi connectivity index (χ4n) is 3.09. The topological polar surface area (TPSA) is 91.2 Å². The first-order valence-electron chi connectivity index (χ1n) is 10.3. The zero-order valence-electron chi connectivity index (χ0n) is 18.7. The van der Waals surface area contributed by atoms with Crippen molar-refractivity contribution in [1.82, 2.24) is 19.5 Å². The molecule has 0 atom stereocenters. The van der Waals surface area contributed by atoms with Crippen LogP contribution in [0.1, 0.15) is 17.2 Å². The third-order valence-electron chi connectivity index (χ3n) is 4.91. The lowest BCUT2D eigenvalue weighted by Gasteiger charge is -2.11. The van der Waals surface area contributed by atoms with Crippen LogP contribution >= 0.6 is 23.2 Å². The summed E-state index contributed by atoms with van der Waals surface area (Å²) in [6.45, 7) is 5.52. The maximum atomic E-state index is 12.2. The van der Waals surface area contributed by atoms with E-state index in [-0.39, 0.29) is 12.5 Å². The number of hydrogen-bond acceptors (Lipinski definition) is 6. The maximum absolute atomic E-state index is 12.2. The molecule has 0 aliphatic carbocycles. The highest BCUT2D eigenvalue weighted by atomic mass is 35.5. The van der Waals surface area contributed by atoms with Gasteiger partial charge in [-0.1, -0.05) is 23.2 Å². The third-order valence-corrected chi connectivity index (χ3v) is 5.44. The van der Waals surface area contributed by atoms with Crippen LogP contribution in [0.25, 0.3) is 5.82 Å². The molecule has 0 saturated heterocycles. The highest BCUT2D eigenvalue weighted by molar-refractivity contribution is 6.35. The van der Waals surface area contributed by atoms with E-state index in [4.69, 9.17) is 32.7 Å². The number of aromatic nitrogens is 4. The zero-order chi connectivity index (χ0) is 24.2. The molecule has 2 heterocycles. The minimum Gasteiger partial charge on any atom is -0.482 e. The van der Waals surface area contributed by atoms with Crippen LogP contribution in [0.4, 0.5) is 5.69 Å². The monoisotopic (exact) mass is 497 g/mol. The van der Waals surface area contributed by atoms with Gasteiger partial charge in [0.05, 0.1) is 10.7 Å². The molecule has 0 saturated carbocycles. The SMILES string of the molecule is Cc1nc(Oc2ccc(NC(=O)COc3ccc(Cl)cc3Cl)cc2)cc(-n2cnc(C)c2C)n1. The molecule has 0 unspecified atom stereocenters. The number of carbonyl (C=O) groups excluding carboxylic acids is 1. The van der Waals surface area contributed by atoms with Crippen LogP contribution in [0.3, 0.4) is 0 Å². The predicted molar refractivity (Wildman–Crippen MR) is 130 cm³/mol. The molecule has 8 nitrogen and oxygen atoms in total. The molecule has 4 rings (SSSR count). The van der Waals surface area contributed by atoms with E-state index in [9.17, 15) is 4.79 Å². The van der Waals surface area contributed by atoms with E-state index in [1.54, 1.807) is 61.8 Å². The van der Waals surface area contributed by atoms with Crippen LogP contribution in [0.15, 0.2) is 54.9 Å². The Bertz CT molecular complexity index is 1340. The molecular formula is C24H21Cl2N5O3. The smallest absolute Gasteiger partial charge is 0.262 e. The molecular weight excluding hydrogens is 477 g/mol. The molecule has 10 heteroatoms. The molecule has 1 amide bonds. The van der Waals surface area contributed by atoms with Crippen molar-refractivity contribution >= 4 is 34.8 Å². The third kappa shape index (κ3) is 5.65. The molecule has 0 fully saturated rings. The van der Waals surface area contributed by atoms with Gasteiger partial charge in [-0.15, -0.1) is 0 Å². The van der Waals surface area contributed by atoms with Gasteiger partial charge in [-0.3, -0.25) is 9.36 Å². The highest BCUT2D eigenvalue weighted by Gasteiger charge is 2.11. The van der Waals surface area contributed by atoms with Gasteiger partial charge >= 0.3 is 0 Å². The van der Waals surface area contributed by atoms with E-state index in [0.717, 1.165) is 11.4 Å². The Labute approximate surface area is 206 Å². The second kappa shape index (κ2) is 10.1. The normalized spacial score (nSPS) is 10.7. The predicted octanol–water partition coefficient (Wildman–Crippen LogP) is 5.70. The van der Waals surface area contributed by atoms with Gasteiger partial charge in [0.25, 0.3) is 5.91 Å². The van der Waals surface area contributed by atoms with E-state index in [2.05, 4.69) is 20.3 Å². The van der Waals surface area contributed by atoms with E-state index in [1.807, 2.05) is 18.4 Å². The van der Waals surface area contributed by atoms with Crippen LogP contribution in [-0.2, 0) is 4.79 Å². The number of rotatable bonds is 7. The Balaban J connectivity index is 1.38. The van der Waals surface area contributed by atoms with Gasteiger partial charge in [0.15, 0.2) is 6.61 Å². The number of halogens is 2. The van der Waals surface area contributed by atoms with Crippen LogP contribution in [0.2, 0.25) is 10.0 Å². The van der Waals surface area contributed by atoms with Gasteiger partial charge in [0.1, 0.15) is 29.5 Å². The fourth-order valence-corrected chi connectivity index (χ4v) is 3.55. The number of benzene rings is 2. The van der Waals surface area contributed by atoms with Crippen molar-refractivity contribution in [1.29, 1.82) is 0 Å². The number of imidazole rings is 1. The summed E-state index contributed by atoms with van der Waals surface area (Å²) in [5.41, 5.74) is 2.51. The number of aryl methyl sites for hydroxylation is 2. The van der Waals surface area contributed by atoms with Gasteiger partial charge in [-0.25, -0.2) is 9.97 Å². The van der Waals surface area contributed by atoms with Crippen molar-refractivity contribution in [3.8, 4) is 23.2 Å². The average Bonchev–Trinajstić information content (AvgIpc) is 3.12. The number of amides is 1.